The summed E-state index contributed by atoms with van der Waals surface area (Å²) in [5, 5.41) is 10.7. The predicted molar refractivity (Wildman–Crippen MR) is 74.1 cm³/mol. The Morgan fingerprint density at radius 2 is 2.39 bits per heavy atom. The zero-order valence-corrected chi connectivity index (χ0v) is 11.7. The lowest BCUT2D eigenvalue weighted by molar-refractivity contribution is 0.534. The molecule has 2 N–H and O–H groups in total. The zero-order chi connectivity index (χ0) is 13.1. The molecule has 1 aliphatic rings. The topological polar surface area (TPSA) is 62.7 Å². The molecule has 1 heterocycles. The molecule has 1 aromatic rings. The molecule has 18 heavy (non-hydrogen) atoms. The number of hydrogen-bond acceptors (Lipinski definition) is 4. The van der Waals surface area contributed by atoms with Crippen molar-refractivity contribution in [3.8, 4) is 0 Å². The summed E-state index contributed by atoms with van der Waals surface area (Å²) in [4.78, 5) is 11.5. The van der Waals surface area contributed by atoms with Gasteiger partial charge in [0, 0.05) is 24.4 Å². The number of H-pyrrole nitrogens is 1. The van der Waals surface area contributed by atoms with Crippen LogP contribution in [-0.2, 0) is 0 Å². The van der Waals surface area contributed by atoms with E-state index in [0.717, 1.165) is 23.0 Å². The van der Waals surface area contributed by atoms with Gasteiger partial charge < -0.3 is 5.32 Å². The Hall–Kier alpha value is -1.01. The average molecular weight is 268 g/mol. The van der Waals surface area contributed by atoms with Crippen LogP contribution in [-0.4, -0.2) is 33.1 Å². The fraction of sp³-hybridized carbons (Fsp3) is 0.667. The second kappa shape index (κ2) is 5.75. The normalized spacial score (nSPS) is 15.3. The Labute approximate surface area is 111 Å². The number of thioether (sulfide) groups is 1. The lowest BCUT2D eigenvalue weighted by atomic mass is 10.3. The molecular weight excluding hydrogens is 248 g/mol. The molecule has 5 nitrogen and oxygen atoms in total. The largest absolute Gasteiger partial charge is 0.344 e. The van der Waals surface area contributed by atoms with Gasteiger partial charge in [-0.25, -0.2) is 9.89 Å². The highest BCUT2D eigenvalue weighted by Gasteiger charge is 2.20. The molecule has 0 atom stereocenters. The monoisotopic (exact) mass is 268 g/mol. The van der Waals surface area contributed by atoms with Gasteiger partial charge in [-0.05, 0) is 26.7 Å². The minimum atomic E-state index is -0.144. The molecule has 0 unspecified atom stereocenters. The van der Waals surface area contributed by atoms with Crippen LogP contribution < -0.4 is 11.0 Å². The lowest BCUT2D eigenvalue weighted by Gasteiger charge is -2.09. The van der Waals surface area contributed by atoms with Crippen molar-refractivity contribution in [1.29, 1.82) is 0 Å². The summed E-state index contributed by atoms with van der Waals surface area (Å²) in [6, 6.07) is 0.822. The third-order valence-electron chi connectivity index (χ3n) is 2.81. The first-order valence-electron chi connectivity index (χ1n) is 6.27. The average Bonchev–Trinajstić information content (AvgIpc) is 3.06. The summed E-state index contributed by atoms with van der Waals surface area (Å²) in [6.07, 6.45) is 2.57. The van der Waals surface area contributed by atoms with Crippen molar-refractivity contribution in [1.82, 2.24) is 20.1 Å². The van der Waals surface area contributed by atoms with Crippen molar-refractivity contribution >= 4 is 11.8 Å². The van der Waals surface area contributed by atoms with Crippen LogP contribution in [0.15, 0.2) is 22.1 Å². The number of rotatable bonds is 7. The van der Waals surface area contributed by atoms with Gasteiger partial charge in [0.25, 0.3) is 0 Å². The highest BCUT2D eigenvalue weighted by molar-refractivity contribution is 7.99. The van der Waals surface area contributed by atoms with Crippen molar-refractivity contribution in [3.05, 3.63) is 22.6 Å². The Kier molecular flexibility index (Phi) is 4.29. The van der Waals surface area contributed by atoms with Gasteiger partial charge in [0.05, 0.1) is 0 Å². The Morgan fingerprint density at radius 1 is 1.67 bits per heavy atom. The molecular formula is C12H20N4OS. The standard InChI is InChI=1S/C12H20N4OS/c1-8(2)16-11(17)14-15-12(16)18-7-9(3)6-13-10-4-5-10/h8,10,13H,3-7H2,1-2H3,(H,14,17). The number of nitrogens with one attached hydrogen (secondary N) is 2. The Morgan fingerprint density at radius 3 is 3.00 bits per heavy atom. The van der Waals surface area contributed by atoms with Crippen LogP contribution in [0.1, 0.15) is 32.7 Å². The summed E-state index contributed by atoms with van der Waals surface area (Å²) in [7, 11) is 0. The highest BCUT2D eigenvalue weighted by Crippen LogP contribution is 2.21. The fourth-order valence-electron chi connectivity index (χ4n) is 1.64. The van der Waals surface area contributed by atoms with Crippen LogP contribution in [0, 0.1) is 0 Å². The van der Waals surface area contributed by atoms with Gasteiger partial charge >= 0.3 is 5.69 Å². The highest BCUT2D eigenvalue weighted by atomic mass is 32.2. The molecule has 1 aliphatic carbocycles. The van der Waals surface area contributed by atoms with Crippen molar-refractivity contribution in [2.24, 2.45) is 0 Å². The number of nitrogens with zero attached hydrogens (tertiary/aromatic N) is 2. The van der Waals surface area contributed by atoms with E-state index >= 15 is 0 Å². The Bertz CT molecular complexity index is 473. The Balaban J connectivity index is 1.85. The van der Waals surface area contributed by atoms with E-state index in [0.29, 0.717) is 6.04 Å². The van der Waals surface area contributed by atoms with E-state index in [2.05, 4.69) is 22.1 Å². The molecule has 0 amide bonds. The van der Waals surface area contributed by atoms with Crippen LogP contribution in [0.3, 0.4) is 0 Å². The molecule has 6 heteroatoms. The number of hydrogen-bond donors (Lipinski definition) is 2. The third kappa shape index (κ3) is 3.49. The maximum atomic E-state index is 11.5. The van der Waals surface area contributed by atoms with E-state index in [9.17, 15) is 4.79 Å². The SMILES string of the molecule is C=C(CNC1CC1)CSc1n[nH]c(=O)n1C(C)C. The van der Waals surface area contributed by atoms with Gasteiger partial charge in [0.1, 0.15) is 0 Å². The van der Waals surface area contributed by atoms with Gasteiger partial charge in [-0.1, -0.05) is 23.9 Å². The minimum absolute atomic E-state index is 0.122. The molecule has 100 valence electrons. The molecule has 1 saturated carbocycles. The van der Waals surface area contributed by atoms with E-state index < -0.39 is 0 Å². The summed E-state index contributed by atoms with van der Waals surface area (Å²) < 4.78 is 1.67. The van der Waals surface area contributed by atoms with Crippen molar-refractivity contribution < 1.29 is 0 Å². The second-order valence-electron chi connectivity index (χ2n) is 4.97. The molecule has 0 aliphatic heterocycles. The third-order valence-corrected chi connectivity index (χ3v) is 3.91. The minimum Gasteiger partial charge on any atom is -0.310 e. The van der Waals surface area contributed by atoms with Gasteiger partial charge in [-0.2, -0.15) is 0 Å². The van der Waals surface area contributed by atoms with Crippen LogP contribution in [0.4, 0.5) is 0 Å². The first-order chi connectivity index (χ1) is 8.58. The van der Waals surface area contributed by atoms with Crippen molar-refractivity contribution in [2.75, 3.05) is 12.3 Å². The van der Waals surface area contributed by atoms with Crippen LogP contribution >= 0.6 is 11.8 Å². The van der Waals surface area contributed by atoms with Crippen molar-refractivity contribution in [2.45, 2.75) is 43.9 Å². The predicted octanol–water partition coefficient (Wildman–Crippen LogP) is 1.55. The smallest absolute Gasteiger partial charge is 0.310 e. The van der Waals surface area contributed by atoms with E-state index in [1.807, 2.05) is 13.8 Å². The maximum Gasteiger partial charge on any atom is 0.344 e. The summed E-state index contributed by atoms with van der Waals surface area (Å²) in [5.41, 5.74) is 0.992. The molecule has 0 spiro atoms. The molecule has 0 saturated heterocycles. The molecule has 2 rings (SSSR count). The van der Waals surface area contributed by atoms with Gasteiger partial charge in [0.2, 0.25) is 0 Å². The van der Waals surface area contributed by atoms with Gasteiger partial charge in [-0.3, -0.25) is 4.57 Å². The summed E-state index contributed by atoms with van der Waals surface area (Å²) in [6.45, 7) is 8.85. The molecule has 0 radical (unpaired) electrons. The van der Waals surface area contributed by atoms with Gasteiger partial charge in [0.15, 0.2) is 5.16 Å². The van der Waals surface area contributed by atoms with E-state index in [4.69, 9.17) is 0 Å². The molecule has 0 bridgehead atoms. The number of aromatic nitrogens is 3. The molecule has 1 aromatic heterocycles. The second-order valence-corrected chi connectivity index (χ2v) is 5.91. The maximum absolute atomic E-state index is 11.5. The quantitative estimate of drug-likeness (QED) is 0.582. The fourth-order valence-corrected chi connectivity index (χ4v) is 2.62. The van der Waals surface area contributed by atoms with Crippen LogP contribution in [0.5, 0.6) is 0 Å². The van der Waals surface area contributed by atoms with E-state index in [1.165, 1.54) is 12.8 Å². The van der Waals surface area contributed by atoms with Crippen LogP contribution in [0.2, 0.25) is 0 Å². The summed E-state index contributed by atoms with van der Waals surface area (Å²) in [5.74, 6) is 0.788. The first-order valence-corrected chi connectivity index (χ1v) is 7.26. The lowest BCUT2D eigenvalue weighted by Crippen LogP contribution is -2.20. The van der Waals surface area contributed by atoms with E-state index in [1.54, 1.807) is 16.3 Å². The van der Waals surface area contributed by atoms with Crippen molar-refractivity contribution in [3.63, 3.8) is 0 Å². The molecule has 1 fully saturated rings. The van der Waals surface area contributed by atoms with Crippen LogP contribution in [0.25, 0.3) is 0 Å². The molecule has 0 aromatic carbocycles. The first kappa shape index (κ1) is 13.4. The van der Waals surface area contributed by atoms with E-state index in [-0.39, 0.29) is 11.7 Å². The zero-order valence-electron chi connectivity index (χ0n) is 10.9. The summed E-state index contributed by atoms with van der Waals surface area (Å²) >= 11 is 1.56. The van der Waals surface area contributed by atoms with Gasteiger partial charge in [-0.15, -0.1) is 5.10 Å². The number of aromatic amines is 1.